The second kappa shape index (κ2) is 12.4. The molecular weight excluding hydrogens is 498 g/mol. The molecule has 0 unspecified atom stereocenters. The first-order valence-corrected chi connectivity index (χ1v) is 13.7. The lowest BCUT2D eigenvalue weighted by Gasteiger charge is -2.27. The summed E-state index contributed by atoms with van der Waals surface area (Å²) in [5.41, 5.74) is 8.84. The summed E-state index contributed by atoms with van der Waals surface area (Å²) >= 11 is 6.03. The highest BCUT2D eigenvalue weighted by molar-refractivity contribution is 6.30. The number of rotatable bonds is 10. The quantitative estimate of drug-likeness (QED) is 0.314. The van der Waals surface area contributed by atoms with Gasteiger partial charge in [-0.2, -0.15) is 0 Å². The number of aromatic nitrogens is 3. The number of hydrogen-bond acceptors (Lipinski definition) is 4. The highest BCUT2D eigenvalue weighted by atomic mass is 35.5. The van der Waals surface area contributed by atoms with Crippen LogP contribution in [0.2, 0.25) is 5.02 Å². The molecule has 0 spiro atoms. The van der Waals surface area contributed by atoms with Crippen molar-refractivity contribution in [3.05, 3.63) is 72.0 Å². The van der Waals surface area contributed by atoms with E-state index in [1.54, 1.807) is 6.08 Å². The van der Waals surface area contributed by atoms with E-state index in [2.05, 4.69) is 38.8 Å². The van der Waals surface area contributed by atoms with E-state index in [1.165, 1.54) is 0 Å². The smallest absolute Gasteiger partial charge is 0.224 e. The van der Waals surface area contributed by atoms with E-state index in [9.17, 15) is 9.59 Å². The van der Waals surface area contributed by atoms with Gasteiger partial charge in [-0.1, -0.05) is 67.9 Å². The van der Waals surface area contributed by atoms with E-state index < -0.39 is 17.7 Å². The van der Waals surface area contributed by atoms with Crippen LogP contribution in [0.15, 0.2) is 61.2 Å². The van der Waals surface area contributed by atoms with Crippen LogP contribution in [0.1, 0.15) is 57.8 Å². The number of primary amides is 1. The lowest BCUT2D eigenvalue weighted by Crippen LogP contribution is -2.42. The minimum absolute atomic E-state index is 0.167. The third-order valence-electron chi connectivity index (χ3n) is 7.19. The Hall–Kier alpha value is -3.45. The molecule has 38 heavy (non-hydrogen) atoms. The Labute approximate surface area is 229 Å². The summed E-state index contributed by atoms with van der Waals surface area (Å²) in [5.74, 6) is 0.00845. The van der Waals surface area contributed by atoms with Gasteiger partial charge in [-0.3, -0.25) is 9.59 Å². The summed E-state index contributed by atoms with van der Waals surface area (Å²) in [7, 11) is 0. The van der Waals surface area contributed by atoms with Crippen LogP contribution < -0.4 is 11.1 Å². The zero-order chi connectivity index (χ0) is 27.2. The summed E-state index contributed by atoms with van der Waals surface area (Å²) in [6.45, 7) is 8.61. The Morgan fingerprint density at radius 2 is 1.68 bits per heavy atom. The standard InChI is InChI=1S/C30H36ClN5O2/c1-4-7-24(27(32)37)25(18-19(2)3)30(38)33-26-8-5-6-17-36-28(34-35-29(26)36)22-11-9-20(10-12-22)21-13-15-23(31)16-14-21/h4,9-16,19,24-26H,1,5-8,17-18H2,2-3H3,(H2,32,37)(H,33,38)/t24-,25+,26-/m0/s1. The molecule has 4 rings (SSSR count). The van der Waals surface area contributed by atoms with Gasteiger partial charge in [0.2, 0.25) is 11.8 Å². The summed E-state index contributed by atoms with van der Waals surface area (Å²) in [6.07, 6.45) is 5.27. The SMILES string of the molecule is C=CC[C@H](C(N)=O)[C@@H](CC(C)C)C(=O)N[C@H]1CCCCn2c(-c3ccc(-c4ccc(Cl)cc4)cc3)nnc21. The number of carbonyl (C=O) groups is 2. The van der Waals surface area contributed by atoms with Crippen molar-refractivity contribution < 1.29 is 9.59 Å². The van der Waals surface area contributed by atoms with E-state index >= 15 is 0 Å². The fraction of sp³-hybridized carbons (Fsp3) is 0.400. The number of amides is 2. The number of nitrogens with zero attached hydrogens (tertiary/aromatic N) is 3. The predicted octanol–water partition coefficient (Wildman–Crippen LogP) is 5.95. The molecular formula is C30H36ClN5O2. The van der Waals surface area contributed by atoms with Gasteiger partial charge in [0.25, 0.3) is 0 Å². The van der Waals surface area contributed by atoms with Gasteiger partial charge in [-0.15, -0.1) is 16.8 Å². The molecule has 3 atom stereocenters. The van der Waals surface area contributed by atoms with Gasteiger partial charge in [-0.05, 0) is 61.3 Å². The minimum atomic E-state index is -0.590. The molecule has 0 bridgehead atoms. The molecule has 200 valence electrons. The lowest BCUT2D eigenvalue weighted by molar-refractivity contribution is -0.134. The van der Waals surface area contributed by atoms with Crippen LogP contribution in [0, 0.1) is 17.8 Å². The summed E-state index contributed by atoms with van der Waals surface area (Å²) in [6, 6.07) is 15.7. The summed E-state index contributed by atoms with van der Waals surface area (Å²) in [4.78, 5) is 25.8. The van der Waals surface area contributed by atoms with Gasteiger partial charge < -0.3 is 15.6 Å². The maximum atomic E-state index is 13.5. The maximum Gasteiger partial charge on any atom is 0.224 e. The first-order chi connectivity index (χ1) is 18.3. The monoisotopic (exact) mass is 533 g/mol. The zero-order valence-electron chi connectivity index (χ0n) is 22.1. The average molecular weight is 534 g/mol. The number of hydrogen-bond donors (Lipinski definition) is 2. The van der Waals surface area contributed by atoms with Crippen molar-refractivity contribution in [1.82, 2.24) is 20.1 Å². The van der Waals surface area contributed by atoms with Gasteiger partial charge >= 0.3 is 0 Å². The van der Waals surface area contributed by atoms with Crippen molar-refractivity contribution in [2.45, 2.75) is 58.5 Å². The highest BCUT2D eigenvalue weighted by Gasteiger charge is 2.34. The van der Waals surface area contributed by atoms with E-state index in [1.807, 2.05) is 50.2 Å². The van der Waals surface area contributed by atoms with Crippen molar-refractivity contribution >= 4 is 23.4 Å². The van der Waals surface area contributed by atoms with Crippen molar-refractivity contribution in [3.63, 3.8) is 0 Å². The Morgan fingerprint density at radius 1 is 1.05 bits per heavy atom. The molecule has 0 saturated carbocycles. The average Bonchev–Trinajstić information content (AvgIpc) is 3.22. The van der Waals surface area contributed by atoms with Crippen LogP contribution in [0.4, 0.5) is 0 Å². The third-order valence-corrected chi connectivity index (χ3v) is 7.44. The number of carbonyl (C=O) groups excluding carboxylic acids is 2. The van der Waals surface area contributed by atoms with Gasteiger partial charge in [0, 0.05) is 17.1 Å². The lowest BCUT2D eigenvalue weighted by atomic mass is 9.82. The van der Waals surface area contributed by atoms with E-state index in [0.29, 0.717) is 17.9 Å². The second-order valence-electron chi connectivity index (χ2n) is 10.4. The van der Waals surface area contributed by atoms with Gasteiger partial charge in [0.05, 0.1) is 17.9 Å². The molecule has 1 aliphatic rings. The highest BCUT2D eigenvalue weighted by Crippen LogP contribution is 2.31. The van der Waals surface area contributed by atoms with Crippen LogP contribution in [0.5, 0.6) is 0 Å². The minimum Gasteiger partial charge on any atom is -0.369 e. The predicted molar refractivity (Wildman–Crippen MR) is 151 cm³/mol. The molecule has 1 aromatic heterocycles. The van der Waals surface area contributed by atoms with Crippen molar-refractivity contribution in [2.24, 2.45) is 23.5 Å². The second-order valence-corrected chi connectivity index (χ2v) is 10.9. The zero-order valence-corrected chi connectivity index (χ0v) is 22.8. The van der Waals surface area contributed by atoms with Gasteiger partial charge in [0.1, 0.15) is 0 Å². The number of halogens is 1. The maximum absolute atomic E-state index is 13.5. The van der Waals surface area contributed by atoms with Crippen LogP contribution in [0.25, 0.3) is 22.5 Å². The number of benzene rings is 2. The Morgan fingerprint density at radius 3 is 2.29 bits per heavy atom. The molecule has 8 heteroatoms. The van der Waals surface area contributed by atoms with Gasteiger partial charge in [0.15, 0.2) is 11.6 Å². The summed E-state index contributed by atoms with van der Waals surface area (Å²) < 4.78 is 2.11. The topological polar surface area (TPSA) is 103 Å². The Balaban J connectivity index is 1.58. The molecule has 0 fully saturated rings. The fourth-order valence-electron chi connectivity index (χ4n) is 5.24. The number of fused-ring (bicyclic) bond motifs is 1. The van der Waals surface area contributed by atoms with Crippen LogP contribution >= 0.6 is 11.6 Å². The normalized spacial score (nSPS) is 16.8. The van der Waals surface area contributed by atoms with E-state index in [4.69, 9.17) is 17.3 Å². The van der Waals surface area contributed by atoms with Gasteiger partial charge in [-0.25, -0.2) is 0 Å². The molecule has 7 nitrogen and oxygen atoms in total. The number of allylic oxidation sites excluding steroid dienone is 1. The fourth-order valence-corrected chi connectivity index (χ4v) is 5.37. The Bertz CT molecular complexity index is 1270. The van der Waals surface area contributed by atoms with E-state index in [0.717, 1.165) is 54.1 Å². The molecule has 0 radical (unpaired) electrons. The third kappa shape index (κ3) is 6.33. The summed E-state index contributed by atoms with van der Waals surface area (Å²) in [5, 5.41) is 13.0. The molecule has 0 saturated heterocycles. The molecule has 0 aliphatic carbocycles. The van der Waals surface area contributed by atoms with Crippen molar-refractivity contribution in [2.75, 3.05) is 0 Å². The number of nitrogens with one attached hydrogen (secondary N) is 1. The molecule has 3 N–H and O–H groups in total. The molecule has 3 aromatic rings. The van der Waals surface area contributed by atoms with Crippen molar-refractivity contribution in [3.8, 4) is 22.5 Å². The van der Waals surface area contributed by atoms with Crippen LogP contribution in [-0.4, -0.2) is 26.6 Å². The number of nitrogens with two attached hydrogens (primary N) is 1. The molecule has 2 amide bonds. The molecule has 2 heterocycles. The van der Waals surface area contributed by atoms with E-state index in [-0.39, 0.29) is 17.9 Å². The first-order valence-electron chi connectivity index (χ1n) is 13.3. The Kier molecular flexibility index (Phi) is 9.00. The first kappa shape index (κ1) is 27.6. The molecule has 2 aromatic carbocycles. The van der Waals surface area contributed by atoms with Crippen molar-refractivity contribution in [1.29, 1.82) is 0 Å². The van der Waals surface area contributed by atoms with Crippen LogP contribution in [-0.2, 0) is 16.1 Å². The molecule has 1 aliphatic heterocycles. The van der Waals surface area contributed by atoms with Crippen LogP contribution in [0.3, 0.4) is 0 Å². The largest absolute Gasteiger partial charge is 0.369 e.